The maximum Gasteiger partial charge on any atom is 0.337 e. The van der Waals surface area contributed by atoms with E-state index in [1.54, 1.807) is 0 Å². The van der Waals surface area contributed by atoms with Crippen LogP contribution in [0.1, 0.15) is 36.0 Å². The summed E-state index contributed by atoms with van der Waals surface area (Å²) in [6, 6.07) is 5.29. The minimum absolute atomic E-state index is 0.0237. The molecule has 1 aliphatic carbocycles. The maximum atomic E-state index is 13.2. The molecule has 0 bridgehead atoms. The average molecular weight is 381 g/mol. The van der Waals surface area contributed by atoms with Gasteiger partial charge >= 0.3 is 5.97 Å². The van der Waals surface area contributed by atoms with Gasteiger partial charge in [-0.3, -0.25) is 4.79 Å². The number of benzene rings is 1. The van der Waals surface area contributed by atoms with Crippen molar-refractivity contribution in [1.29, 1.82) is 0 Å². The molecule has 1 saturated heterocycles. The maximum absolute atomic E-state index is 13.2. The third-order valence-corrected chi connectivity index (χ3v) is 6.96. The number of sulfonamides is 1. The highest BCUT2D eigenvalue weighted by Gasteiger charge is 2.41. The standard InChI is InChI=1S/C18H23NO6S/c1-24-18(21)13-5-4-6-14(11-13)26(22,23)19-9-10-25-12-16(19)15-7-2-3-8-17(15)20/h4-6,11,15-16H,2-3,7-10,12H2,1H3/t15-,16+/m1/s1. The van der Waals surface area contributed by atoms with Gasteiger partial charge < -0.3 is 9.47 Å². The van der Waals surface area contributed by atoms with Crippen molar-refractivity contribution in [1.82, 2.24) is 4.31 Å². The molecule has 1 heterocycles. The molecule has 2 atom stereocenters. The van der Waals surface area contributed by atoms with E-state index >= 15 is 0 Å². The second kappa shape index (κ2) is 7.85. The van der Waals surface area contributed by atoms with Gasteiger partial charge in [0.25, 0.3) is 0 Å². The highest BCUT2D eigenvalue weighted by atomic mass is 32.2. The summed E-state index contributed by atoms with van der Waals surface area (Å²) in [5.74, 6) is -0.819. The molecular formula is C18H23NO6S. The van der Waals surface area contributed by atoms with Crippen LogP contribution in [-0.4, -0.2) is 57.4 Å². The van der Waals surface area contributed by atoms with Crippen LogP contribution < -0.4 is 0 Å². The van der Waals surface area contributed by atoms with Gasteiger partial charge in [0.2, 0.25) is 10.0 Å². The molecule has 3 rings (SSSR count). The van der Waals surface area contributed by atoms with Gasteiger partial charge in [0.1, 0.15) is 5.78 Å². The van der Waals surface area contributed by atoms with Gasteiger partial charge in [-0.1, -0.05) is 12.5 Å². The van der Waals surface area contributed by atoms with E-state index in [2.05, 4.69) is 4.74 Å². The van der Waals surface area contributed by atoms with Gasteiger partial charge in [-0.15, -0.1) is 0 Å². The van der Waals surface area contributed by atoms with Crippen molar-refractivity contribution in [2.45, 2.75) is 36.6 Å². The van der Waals surface area contributed by atoms with Crippen molar-refractivity contribution in [3.8, 4) is 0 Å². The van der Waals surface area contributed by atoms with E-state index in [-0.39, 0.29) is 41.9 Å². The molecule has 1 aromatic carbocycles. The van der Waals surface area contributed by atoms with Gasteiger partial charge in [0.05, 0.1) is 36.8 Å². The van der Waals surface area contributed by atoms with Crippen LogP contribution in [0.15, 0.2) is 29.2 Å². The molecule has 0 radical (unpaired) electrons. The van der Waals surface area contributed by atoms with E-state index in [1.165, 1.54) is 35.7 Å². The van der Waals surface area contributed by atoms with Crippen LogP contribution >= 0.6 is 0 Å². The van der Waals surface area contributed by atoms with Crippen LogP contribution in [-0.2, 0) is 24.3 Å². The second-order valence-electron chi connectivity index (χ2n) is 6.60. The fourth-order valence-corrected chi connectivity index (χ4v) is 5.35. The van der Waals surface area contributed by atoms with Crippen LogP contribution in [0.3, 0.4) is 0 Å². The van der Waals surface area contributed by atoms with Gasteiger partial charge in [-0.05, 0) is 31.0 Å². The lowest BCUT2D eigenvalue weighted by Crippen LogP contribution is -2.54. The molecule has 1 aromatic rings. The van der Waals surface area contributed by atoms with E-state index in [9.17, 15) is 18.0 Å². The topological polar surface area (TPSA) is 90.0 Å². The Kier molecular flexibility index (Phi) is 5.74. The first-order chi connectivity index (χ1) is 12.4. The summed E-state index contributed by atoms with van der Waals surface area (Å²) in [4.78, 5) is 24.1. The molecule has 142 valence electrons. The summed E-state index contributed by atoms with van der Waals surface area (Å²) in [5.41, 5.74) is 0.173. The third kappa shape index (κ3) is 3.67. The largest absolute Gasteiger partial charge is 0.465 e. The number of ether oxygens (including phenoxy) is 2. The third-order valence-electron chi connectivity index (χ3n) is 5.04. The molecule has 0 unspecified atom stereocenters. The number of carbonyl (C=O) groups excluding carboxylic acids is 2. The smallest absolute Gasteiger partial charge is 0.337 e. The van der Waals surface area contributed by atoms with Crippen LogP contribution in [0.25, 0.3) is 0 Å². The van der Waals surface area contributed by atoms with Gasteiger partial charge in [0, 0.05) is 18.9 Å². The minimum Gasteiger partial charge on any atom is -0.465 e. The van der Waals surface area contributed by atoms with E-state index in [0.717, 1.165) is 12.8 Å². The number of morpholine rings is 1. The Balaban J connectivity index is 1.93. The number of hydrogen-bond donors (Lipinski definition) is 0. The molecule has 0 amide bonds. The molecule has 7 nitrogen and oxygen atoms in total. The fourth-order valence-electron chi connectivity index (χ4n) is 3.68. The summed E-state index contributed by atoms with van der Waals surface area (Å²) >= 11 is 0. The Morgan fingerprint density at radius 1 is 1.31 bits per heavy atom. The van der Waals surface area contributed by atoms with E-state index in [0.29, 0.717) is 12.8 Å². The molecule has 0 aromatic heterocycles. The number of methoxy groups -OCH3 is 1. The molecule has 0 N–H and O–H groups in total. The Morgan fingerprint density at radius 2 is 2.12 bits per heavy atom. The Morgan fingerprint density at radius 3 is 2.85 bits per heavy atom. The summed E-state index contributed by atoms with van der Waals surface area (Å²) in [6.07, 6.45) is 2.95. The SMILES string of the molecule is COC(=O)c1cccc(S(=O)(=O)N2CCOC[C@H]2[C@H]2CCCCC2=O)c1. The molecule has 0 spiro atoms. The van der Waals surface area contributed by atoms with Crippen molar-refractivity contribution in [3.63, 3.8) is 0 Å². The summed E-state index contributed by atoms with van der Waals surface area (Å²) in [6.45, 7) is 0.693. The highest BCUT2D eigenvalue weighted by molar-refractivity contribution is 7.89. The van der Waals surface area contributed by atoms with Crippen LogP contribution in [0.5, 0.6) is 0 Å². The summed E-state index contributed by atoms with van der Waals surface area (Å²) < 4.78 is 38.0. The minimum atomic E-state index is -3.85. The Hall–Kier alpha value is -1.77. The number of rotatable bonds is 4. The molecule has 1 aliphatic heterocycles. The first-order valence-corrected chi connectivity index (χ1v) is 10.2. The molecule has 8 heteroatoms. The normalized spacial score (nSPS) is 25.0. The van der Waals surface area contributed by atoms with Crippen molar-refractivity contribution in [2.24, 2.45) is 5.92 Å². The van der Waals surface area contributed by atoms with Gasteiger partial charge in [-0.2, -0.15) is 4.31 Å². The molecule has 1 saturated carbocycles. The molecule has 26 heavy (non-hydrogen) atoms. The van der Waals surface area contributed by atoms with Gasteiger partial charge in [-0.25, -0.2) is 13.2 Å². The lowest BCUT2D eigenvalue weighted by atomic mass is 9.82. The fraction of sp³-hybridized carbons (Fsp3) is 0.556. The lowest BCUT2D eigenvalue weighted by Gasteiger charge is -2.39. The predicted molar refractivity (Wildman–Crippen MR) is 93.2 cm³/mol. The van der Waals surface area contributed by atoms with Crippen molar-refractivity contribution < 1.29 is 27.5 Å². The summed E-state index contributed by atoms with van der Waals surface area (Å²) in [5, 5.41) is 0. The first kappa shape index (κ1) is 19.0. The quantitative estimate of drug-likeness (QED) is 0.736. The number of hydrogen-bond acceptors (Lipinski definition) is 6. The number of ketones is 1. The average Bonchev–Trinajstić information content (AvgIpc) is 2.68. The zero-order valence-corrected chi connectivity index (χ0v) is 15.5. The molecule has 2 aliphatic rings. The van der Waals surface area contributed by atoms with Crippen LogP contribution in [0.4, 0.5) is 0 Å². The van der Waals surface area contributed by atoms with Crippen molar-refractivity contribution in [3.05, 3.63) is 29.8 Å². The first-order valence-electron chi connectivity index (χ1n) is 8.76. The Bertz CT molecular complexity index is 791. The lowest BCUT2D eigenvalue weighted by molar-refractivity contribution is -0.128. The Labute approximate surface area is 153 Å². The van der Waals surface area contributed by atoms with Crippen LogP contribution in [0.2, 0.25) is 0 Å². The van der Waals surface area contributed by atoms with Crippen molar-refractivity contribution in [2.75, 3.05) is 26.9 Å². The summed E-state index contributed by atoms with van der Waals surface area (Å²) in [7, 11) is -2.61. The number of Topliss-reactive ketones (excluding diaryl/α,β-unsaturated/α-hetero) is 1. The van der Waals surface area contributed by atoms with Crippen LogP contribution in [0, 0.1) is 5.92 Å². The molecule has 2 fully saturated rings. The van der Waals surface area contributed by atoms with Gasteiger partial charge in [0.15, 0.2) is 0 Å². The monoisotopic (exact) mass is 381 g/mol. The van der Waals surface area contributed by atoms with Crippen molar-refractivity contribution >= 4 is 21.8 Å². The van der Waals surface area contributed by atoms with E-state index in [1.807, 2.05) is 0 Å². The van der Waals surface area contributed by atoms with E-state index in [4.69, 9.17) is 4.74 Å². The van der Waals surface area contributed by atoms with E-state index < -0.39 is 22.0 Å². The second-order valence-corrected chi connectivity index (χ2v) is 8.49. The predicted octanol–water partition coefficient (Wildman–Crippen LogP) is 1.62. The number of nitrogens with zero attached hydrogens (tertiary/aromatic N) is 1. The highest BCUT2D eigenvalue weighted by Crippen LogP contribution is 2.31. The number of esters is 1. The molecular weight excluding hydrogens is 358 g/mol. The zero-order valence-electron chi connectivity index (χ0n) is 14.7. The number of carbonyl (C=O) groups is 2. The zero-order chi connectivity index (χ0) is 18.7.